The first kappa shape index (κ1) is 75.2. The van der Waals surface area contributed by atoms with E-state index in [1.165, 1.54) is 238 Å². The maximum atomic E-state index is 12.8. The summed E-state index contributed by atoms with van der Waals surface area (Å²) in [5.74, 6) is -0.825. The lowest BCUT2D eigenvalue weighted by atomic mass is 10.0. The Hall–Kier alpha value is -1.77. The number of unbranched alkanes of at least 4 members (excludes halogenated alkanes) is 42. The van der Waals surface area contributed by atoms with E-state index in [1.807, 2.05) is 21.1 Å². The number of quaternary nitrogens is 1. The van der Waals surface area contributed by atoms with E-state index in [0.717, 1.165) is 57.8 Å². The van der Waals surface area contributed by atoms with Gasteiger partial charge in [-0.3, -0.25) is 14.2 Å². The fraction of sp³-hybridized carbons (Fsp3) is 0.881. The van der Waals surface area contributed by atoms with Crippen molar-refractivity contribution in [1.82, 2.24) is 0 Å². The molecule has 0 aliphatic carbocycles. The number of likely N-dealkylation sites (N-methyl/N-ethyl adjacent to an activating group) is 1. The second kappa shape index (κ2) is 58.9. The van der Waals surface area contributed by atoms with E-state index < -0.39 is 26.5 Å². The van der Waals surface area contributed by atoms with Crippen LogP contribution in [0.2, 0.25) is 0 Å². The van der Waals surface area contributed by atoms with Crippen LogP contribution in [-0.2, 0) is 32.7 Å². The van der Waals surface area contributed by atoms with Gasteiger partial charge in [-0.25, -0.2) is 0 Å². The number of carbonyl (C=O) groups excluding carboxylic acids is 2. The van der Waals surface area contributed by atoms with Gasteiger partial charge in [0, 0.05) is 12.8 Å². The molecule has 0 bridgehead atoms. The Labute approximate surface area is 478 Å². The van der Waals surface area contributed by atoms with Gasteiger partial charge in [0.25, 0.3) is 7.82 Å². The van der Waals surface area contributed by atoms with Crippen LogP contribution in [0.4, 0.5) is 0 Å². The number of esters is 2. The van der Waals surface area contributed by atoms with Crippen molar-refractivity contribution in [1.29, 1.82) is 0 Å². The van der Waals surface area contributed by atoms with Crippen molar-refractivity contribution in [3.63, 3.8) is 0 Å². The molecule has 0 aromatic heterocycles. The Balaban J connectivity index is 4.04. The third-order valence-electron chi connectivity index (χ3n) is 14.9. The number of carbonyl (C=O) groups is 2. The van der Waals surface area contributed by atoms with Crippen LogP contribution in [0.25, 0.3) is 0 Å². The summed E-state index contributed by atoms with van der Waals surface area (Å²) in [4.78, 5) is 38.0. The van der Waals surface area contributed by atoms with Crippen LogP contribution >= 0.6 is 7.82 Å². The van der Waals surface area contributed by atoms with E-state index in [4.69, 9.17) is 18.5 Å². The lowest BCUT2D eigenvalue weighted by molar-refractivity contribution is -0.870. The first-order chi connectivity index (χ1) is 37.5. The van der Waals surface area contributed by atoms with Gasteiger partial charge in [-0.05, 0) is 51.4 Å². The smallest absolute Gasteiger partial charge is 0.306 e. The molecule has 0 rings (SSSR count). The van der Waals surface area contributed by atoms with Gasteiger partial charge < -0.3 is 27.9 Å². The van der Waals surface area contributed by atoms with Crippen molar-refractivity contribution in [2.75, 3.05) is 47.5 Å². The molecule has 0 aliphatic heterocycles. The van der Waals surface area contributed by atoms with Crippen molar-refractivity contribution in [2.24, 2.45) is 0 Å². The van der Waals surface area contributed by atoms with Crippen molar-refractivity contribution >= 4 is 19.8 Å². The van der Waals surface area contributed by atoms with Gasteiger partial charge in [-0.15, -0.1) is 0 Å². The molecule has 2 unspecified atom stereocenters. The fourth-order valence-electron chi connectivity index (χ4n) is 9.79. The summed E-state index contributed by atoms with van der Waals surface area (Å²) in [6.45, 7) is 4.28. The number of hydrogen-bond acceptors (Lipinski definition) is 8. The van der Waals surface area contributed by atoms with Gasteiger partial charge in [-0.1, -0.05) is 301 Å². The van der Waals surface area contributed by atoms with Gasteiger partial charge >= 0.3 is 11.9 Å². The second-order valence-corrected chi connectivity index (χ2v) is 25.3. The van der Waals surface area contributed by atoms with Crippen molar-refractivity contribution < 1.29 is 42.1 Å². The van der Waals surface area contributed by atoms with Crippen molar-refractivity contribution in [3.05, 3.63) is 36.5 Å². The number of nitrogens with zero attached hydrogens (tertiary/aromatic N) is 1. The Kier molecular flexibility index (Phi) is 57.5. The number of ether oxygens (including phenoxy) is 2. The predicted octanol–water partition coefficient (Wildman–Crippen LogP) is 20.5. The number of hydrogen-bond donors (Lipinski definition) is 0. The summed E-state index contributed by atoms with van der Waals surface area (Å²) in [5, 5.41) is 0. The zero-order valence-corrected chi connectivity index (χ0v) is 52.6. The van der Waals surface area contributed by atoms with Gasteiger partial charge in [0.2, 0.25) is 0 Å². The van der Waals surface area contributed by atoms with Crippen LogP contribution in [0.15, 0.2) is 36.5 Å². The Bertz CT molecular complexity index is 1390. The zero-order chi connectivity index (χ0) is 56.3. The topological polar surface area (TPSA) is 111 Å². The second-order valence-electron chi connectivity index (χ2n) is 23.8. The number of allylic oxidation sites excluding steroid dienone is 6. The number of phosphoric ester groups is 1. The van der Waals surface area contributed by atoms with Crippen LogP contribution in [0.5, 0.6) is 0 Å². The largest absolute Gasteiger partial charge is 0.756 e. The molecule has 0 aromatic carbocycles. The molecule has 0 fully saturated rings. The van der Waals surface area contributed by atoms with E-state index in [0.29, 0.717) is 17.4 Å². The molecule has 2 atom stereocenters. The van der Waals surface area contributed by atoms with Gasteiger partial charge in [0.05, 0.1) is 27.7 Å². The highest BCUT2D eigenvalue weighted by molar-refractivity contribution is 7.45. The maximum absolute atomic E-state index is 12.8. The molecule has 10 heteroatoms. The van der Waals surface area contributed by atoms with Gasteiger partial charge in [0.1, 0.15) is 19.8 Å². The van der Waals surface area contributed by atoms with Crippen molar-refractivity contribution in [2.45, 2.75) is 335 Å². The van der Waals surface area contributed by atoms with E-state index in [-0.39, 0.29) is 32.0 Å². The molecule has 9 nitrogen and oxygen atoms in total. The fourth-order valence-corrected chi connectivity index (χ4v) is 10.5. The molecule has 0 radical (unpaired) electrons. The minimum Gasteiger partial charge on any atom is -0.756 e. The van der Waals surface area contributed by atoms with E-state index in [1.54, 1.807) is 0 Å². The Morgan fingerprint density at radius 3 is 1.04 bits per heavy atom. The maximum Gasteiger partial charge on any atom is 0.306 e. The minimum atomic E-state index is -4.64. The van der Waals surface area contributed by atoms with Gasteiger partial charge in [0.15, 0.2) is 6.10 Å². The van der Waals surface area contributed by atoms with Crippen LogP contribution in [-0.4, -0.2) is 70.0 Å². The van der Waals surface area contributed by atoms with Crippen LogP contribution in [0.3, 0.4) is 0 Å². The number of rotatable bonds is 62. The highest BCUT2D eigenvalue weighted by atomic mass is 31.2. The lowest BCUT2D eigenvalue weighted by Crippen LogP contribution is -2.37. The molecular formula is C67H128NO8P. The molecule has 0 spiro atoms. The monoisotopic (exact) mass is 1110 g/mol. The van der Waals surface area contributed by atoms with E-state index in [9.17, 15) is 19.0 Å². The first-order valence-corrected chi connectivity index (χ1v) is 34.7. The van der Waals surface area contributed by atoms with Crippen LogP contribution < -0.4 is 4.89 Å². The molecule has 0 aliphatic rings. The standard InChI is InChI=1S/C67H128NO8P/c1-6-8-10-12-14-16-18-20-22-24-26-28-30-31-32-33-34-35-36-38-39-41-43-45-47-49-51-53-55-57-59-66(69)73-63-65(64-75-77(71,72)74-62-61-68(3,4)5)76-67(70)60-58-56-54-52-50-48-46-44-42-40-37-29-27-25-23-21-19-17-15-13-11-9-7-2/h19,21,25,27,37,40,65H,6-18,20,22-24,26,28-36,38-39,41-64H2,1-5H3/b21-19-,27-25-,40-37-. The SMILES string of the molecule is CCCCCCC/C=C\C/C=C\C/C=C\CCCCCCCCCCC(=O)OC(COC(=O)CCCCCCCCCCCCCCCCCCCCCCCCCCCCCCCC)COP(=O)([O-])OCC[N+](C)(C)C. The summed E-state index contributed by atoms with van der Waals surface area (Å²) in [6.07, 6.45) is 73.6. The highest BCUT2D eigenvalue weighted by Crippen LogP contribution is 2.38. The summed E-state index contributed by atoms with van der Waals surface area (Å²) >= 11 is 0. The summed E-state index contributed by atoms with van der Waals surface area (Å²) in [7, 11) is 1.17. The minimum absolute atomic E-state index is 0.0310. The van der Waals surface area contributed by atoms with E-state index in [2.05, 4.69) is 50.3 Å². The highest BCUT2D eigenvalue weighted by Gasteiger charge is 2.22. The molecule has 454 valence electrons. The summed E-state index contributed by atoms with van der Waals surface area (Å²) < 4.78 is 34.3. The first-order valence-electron chi connectivity index (χ1n) is 33.2. The molecule has 0 saturated carbocycles. The summed E-state index contributed by atoms with van der Waals surface area (Å²) in [6, 6.07) is 0. The third kappa shape index (κ3) is 63.3. The number of phosphoric acid groups is 1. The molecule has 0 N–H and O–H groups in total. The third-order valence-corrected chi connectivity index (χ3v) is 15.9. The zero-order valence-electron chi connectivity index (χ0n) is 51.7. The van der Waals surface area contributed by atoms with E-state index >= 15 is 0 Å². The quantitative estimate of drug-likeness (QED) is 0.0195. The Morgan fingerprint density at radius 2 is 0.701 bits per heavy atom. The lowest BCUT2D eigenvalue weighted by Gasteiger charge is -2.28. The molecular weight excluding hydrogens is 978 g/mol. The molecule has 0 aromatic rings. The summed E-state index contributed by atoms with van der Waals surface area (Å²) in [5.41, 5.74) is 0. The average Bonchev–Trinajstić information content (AvgIpc) is 3.39. The molecule has 77 heavy (non-hydrogen) atoms. The van der Waals surface area contributed by atoms with Crippen molar-refractivity contribution in [3.8, 4) is 0 Å². The normalized spacial score (nSPS) is 13.4. The predicted molar refractivity (Wildman–Crippen MR) is 328 cm³/mol. The average molecular weight is 1110 g/mol. The van der Waals surface area contributed by atoms with Crippen LogP contribution in [0.1, 0.15) is 328 Å². The Morgan fingerprint density at radius 1 is 0.403 bits per heavy atom. The molecule has 0 amide bonds. The molecule has 0 heterocycles. The van der Waals surface area contributed by atoms with Crippen LogP contribution in [0, 0.1) is 0 Å². The van der Waals surface area contributed by atoms with Gasteiger partial charge in [-0.2, -0.15) is 0 Å². The molecule has 0 saturated heterocycles.